The minimum Gasteiger partial charge on any atom is -0.423 e. The number of rotatable bonds is 6. The molecule has 0 atom stereocenters. The molecule has 0 aliphatic heterocycles. The molecule has 2 aromatic carbocycles. The van der Waals surface area contributed by atoms with E-state index in [1.807, 2.05) is 0 Å². The summed E-state index contributed by atoms with van der Waals surface area (Å²) in [7, 11) is -3.12. The summed E-state index contributed by atoms with van der Waals surface area (Å²) in [4.78, 5) is 23.6. The van der Waals surface area contributed by atoms with Crippen LogP contribution in [0.2, 0.25) is 0 Å². The van der Waals surface area contributed by atoms with Crippen molar-refractivity contribution < 1.29 is 22.7 Å². The number of ether oxygens (including phenoxy) is 1. The van der Waals surface area contributed by atoms with Crippen molar-refractivity contribution in [3.05, 3.63) is 65.2 Å². The molecule has 2 aromatic rings. The fourth-order valence-corrected chi connectivity index (χ4v) is 2.92. The van der Waals surface area contributed by atoms with Crippen molar-refractivity contribution in [1.29, 1.82) is 0 Å². The van der Waals surface area contributed by atoms with Crippen LogP contribution in [-0.4, -0.2) is 26.4 Å². The van der Waals surface area contributed by atoms with Crippen LogP contribution >= 0.6 is 0 Å². The Bertz CT molecular complexity index is 834. The molecule has 5 nitrogen and oxygen atoms in total. The zero-order valence-electron chi connectivity index (χ0n) is 13.5. The molecule has 0 N–H and O–H groups in total. The molecule has 0 saturated carbocycles. The minimum atomic E-state index is -3.12. The molecule has 0 amide bonds. The van der Waals surface area contributed by atoms with E-state index >= 15 is 0 Å². The van der Waals surface area contributed by atoms with Crippen molar-refractivity contribution in [2.75, 3.05) is 6.26 Å². The molecule has 0 aliphatic carbocycles. The van der Waals surface area contributed by atoms with Gasteiger partial charge in [0.15, 0.2) is 15.6 Å². The molecule has 24 heavy (non-hydrogen) atoms. The van der Waals surface area contributed by atoms with Gasteiger partial charge in [0.1, 0.15) is 5.75 Å². The van der Waals surface area contributed by atoms with Crippen molar-refractivity contribution in [3.8, 4) is 5.75 Å². The highest BCUT2D eigenvalue weighted by molar-refractivity contribution is 7.89. The Morgan fingerprint density at radius 1 is 0.917 bits per heavy atom. The average Bonchev–Trinajstić information content (AvgIpc) is 2.54. The van der Waals surface area contributed by atoms with Gasteiger partial charge in [-0.05, 0) is 42.0 Å². The third-order valence-electron chi connectivity index (χ3n) is 3.33. The summed E-state index contributed by atoms with van der Waals surface area (Å²) >= 11 is 0. The predicted molar refractivity (Wildman–Crippen MR) is 91.0 cm³/mol. The van der Waals surface area contributed by atoms with Crippen LogP contribution in [0.3, 0.4) is 0 Å². The molecule has 0 fully saturated rings. The Labute approximate surface area is 141 Å². The molecular formula is C18H18O5S. The van der Waals surface area contributed by atoms with Gasteiger partial charge >= 0.3 is 5.97 Å². The Hall–Kier alpha value is -2.47. The Kier molecular flexibility index (Phi) is 5.51. The predicted octanol–water partition coefficient (Wildman–Crippen LogP) is 3.04. The van der Waals surface area contributed by atoms with Gasteiger partial charge in [-0.25, -0.2) is 13.2 Å². The second-order valence-corrected chi connectivity index (χ2v) is 7.60. The van der Waals surface area contributed by atoms with Crippen LogP contribution in [-0.2, 0) is 15.6 Å². The number of benzene rings is 2. The third-order valence-corrected chi connectivity index (χ3v) is 4.18. The molecule has 0 unspecified atom stereocenters. The van der Waals surface area contributed by atoms with Crippen LogP contribution in [0.1, 0.15) is 39.6 Å². The van der Waals surface area contributed by atoms with E-state index in [4.69, 9.17) is 4.74 Å². The Balaban J connectivity index is 2.05. The molecule has 2 rings (SSSR count). The highest BCUT2D eigenvalue weighted by atomic mass is 32.2. The molecule has 0 bridgehead atoms. The molecular weight excluding hydrogens is 328 g/mol. The Morgan fingerprint density at radius 3 is 1.96 bits per heavy atom. The lowest BCUT2D eigenvalue weighted by molar-refractivity contribution is 0.0734. The molecule has 126 valence electrons. The minimum absolute atomic E-state index is 0.0225. The maximum atomic E-state index is 12.1. The van der Waals surface area contributed by atoms with Crippen molar-refractivity contribution in [3.63, 3.8) is 0 Å². The van der Waals surface area contributed by atoms with Crippen LogP contribution in [0.25, 0.3) is 0 Å². The highest BCUT2D eigenvalue weighted by Crippen LogP contribution is 2.16. The van der Waals surface area contributed by atoms with Gasteiger partial charge in [0.25, 0.3) is 0 Å². The maximum absolute atomic E-state index is 12.1. The summed E-state index contributed by atoms with van der Waals surface area (Å²) in [5.41, 5.74) is 1.50. The summed E-state index contributed by atoms with van der Waals surface area (Å²) in [5, 5.41) is 0. The lowest BCUT2D eigenvalue weighted by atomic mass is 10.1. The van der Waals surface area contributed by atoms with E-state index in [0.29, 0.717) is 28.9 Å². The molecule has 0 aliphatic rings. The number of ketones is 1. The molecule has 0 aromatic heterocycles. The van der Waals surface area contributed by atoms with Crippen LogP contribution in [0.15, 0.2) is 48.5 Å². The number of carbonyl (C=O) groups excluding carboxylic acids is 2. The fraction of sp³-hybridized carbons (Fsp3) is 0.222. The first kappa shape index (κ1) is 17.9. The molecule has 0 spiro atoms. The summed E-state index contributed by atoms with van der Waals surface area (Å²) in [6.07, 6.45) is 1.57. The van der Waals surface area contributed by atoms with Crippen LogP contribution in [0.5, 0.6) is 5.75 Å². The third kappa shape index (κ3) is 5.03. The number of hydrogen-bond donors (Lipinski definition) is 0. The van der Waals surface area contributed by atoms with E-state index in [-0.39, 0.29) is 11.5 Å². The highest BCUT2D eigenvalue weighted by Gasteiger charge is 2.11. The van der Waals surface area contributed by atoms with E-state index in [1.54, 1.807) is 43.3 Å². The fourth-order valence-electron chi connectivity index (χ4n) is 2.12. The van der Waals surface area contributed by atoms with Crippen LogP contribution < -0.4 is 4.74 Å². The number of hydrogen-bond acceptors (Lipinski definition) is 5. The smallest absolute Gasteiger partial charge is 0.343 e. The summed E-state index contributed by atoms with van der Waals surface area (Å²) in [5.74, 6) is -0.257. The van der Waals surface area contributed by atoms with Gasteiger partial charge in [0, 0.05) is 18.2 Å². The zero-order valence-corrected chi connectivity index (χ0v) is 14.3. The van der Waals surface area contributed by atoms with Gasteiger partial charge in [-0.3, -0.25) is 4.79 Å². The van der Waals surface area contributed by atoms with Gasteiger partial charge < -0.3 is 4.74 Å². The van der Waals surface area contributed by atoms with E-state index in [0.717, 1.165) is 6.26 Å². The Morgan fingerprint density at radius 2 is 1.46 bits per heavy atom. The number of esters is 1. The molecule has 0 heterocycles. The lowest BCUT2D eigenvalue weighted by Gasteiger charge is -2.06. The monoisotopic (exact) mass is 346 g/mol. The summed E-state index contributed by atoms with van der Waals surface area (Å²) < 4.78 is 27.7. The molecule has 0 saturated heterocycles. The van der Waals surface area contributed by atoms with Gasteiger partial charge in [0.2, 0.25) is 0 Å². The lowest BCUT2D eigenvalue weighted by Crippen LogP contribution is -2.09. The van der Waals surface area contributed by atoms with E-state index in [2.05, 4.69) is 0 Å². The number of sulfone groups is 1. The maximum Gasteiger partial charge on any atom is 0.343 e. The van der Waals surface area contributed by atoms with Crippen molar-refractivity contribution in [2.45, 2.75) is 19.1 Å². The van der Waals surface area contributed by atoms with E-state index in [9.17, 15) is 18.0 Å². The summed E-state index contributed by atoms with van der Waals surface area (Å²) in [6, 6.07) is 12.6. The first-order valence-corrected chi connectivity index (χ1v) is 9.46. The second kappa shape index (κ2) is 7.40. The quantitative estimate of drug-likeness (QED) is 0.456. The largest absolute Gasteiger partial charge is 0.423 e. The van der Waals surface area contributed by atoms with Crippen molar-refractivity contribution >= 4 is 21.6 Å². The number of carbonyl (C=O) groups is 2. The van der Waals surface area contributed by atoms with Crippen LogP contribution in [0, 0.1) is 0 Å². The van der Waals surface area contributed by atoms with Gasteiger partial charge in [-0.1, -0.05) is 19.1 Å². The van der Waals surface area contributed by atoms with Crippen molar-refractivity contribution in [1.82, 2.24) is 0 Å². The topological polar surface area (TPSA) is 77.5 Å². The molecule has 0 radical (unpaired) electrons. The normalized spacial score (nSPS) is 11.1. The van der Waals surface area contributed by atoms with Gasteiger partial charge in [-0.2, -0.15) is 0 Å². The van der Waals surface area contributed by atoms with Crippen LogP contribution in [0.4, 0.5) is 0 Å². The van der Waals surface area contributed by atoms with E-state index < -0.39 is 15.8 Å². The van der Waals surface area contributed by atoms with Gasteiger partial charge in [0.05, 0.1) is 11.3 Å². The van der Waals surface area contributed by atoms with Gasteiger partial charge in [-0.15, -0.1) is 0 Å². The SMILES string of the molecule is CCC(=O)c1ccc(OC(=O)c2ccc(CS(C)(=O)=O)cc2)cc1. The van der Waals surface area contributed by atoms with E-state index in [1.165, 1.54) is 12.1 Å². The van der Waals surface area contributed by atoms with Crippen molar-refractivity contribution in [2.24, 2.45) is 0 Å². The first-order valence-electron chi connectivity index (χ1n) is 7.40. The number of Topliss-reactive ketones (excluding diaryl/α,β-unsaturated/α-hetero) is 1. The average molecular weight is 346 g/mol. The standard InChI is InChI=1S/C18H18O5S/c1-3-17(19)14-8-10-16(11-9-14)23-18(20)15-6-4-13(5-7-15)12-24(2,21)22/h4-11H,3,12H2,1-2H3. The second-order valence-electron chi connectivity index (χ2n) is 5.46. The zero-order chi connectivity index (χ0) is 17.7. The first-order chi connectivity index (χ1) is 11.3. The summed E-state index contributed by atoms with van der Waals surface area (Å²) in [6.45, 7) is 1.78. The molecule has 6 heteroatoms.